The number of nitrogens with zero attached hydrogens (tertiary/aromatic N) is 1. The van der Waals surface area contributed by atoms with Gasteiger partial charge in [-0.15, -0.1) is 0 Å². The van der Waals surface area contributed by atoms with Gasteiger partial charge in [0, 0.05) is 34.8 Å². The van der Waals surface area contributed by atoms with Crippen molar-refractivity contribution in [3.63, 3.8) is 0 Å². The lowest BCUT2D eigenvalue weighted by Gasteiger charge is -2.17. The Morgan fingerprint density at radius 2 is 1.63 bits per heavy atom. The third kappa shape index (κ3) is 5.49. The smallest absolute Gasteiger partial charge is 0.292 e. The molecule has 0 heterocycles. The summed E-state index contributed by atoms with van der Waals surface area (Å²) in [4.78, 5) is 39.8. The van der Waals surface area contributed by atoms with Crippen LogP contribution in [0.5, 0.6) is 0 Å². The van der Waals surface area contributed by atoms with Crippen molar-refractivity contribution in [2.45, 2.75) is 13.8 Å². The zero-order chi connectivity index (χ0) is 19.8. The van der Waals surface area contributed by atoms with Crippen molar-refractivity contribution in [3.05, 3.63) is 70.2 Å². The second kappa shape index (κ2) is 10.00. The number of hydrogen-bond donors (Lipinski definition) is 1. The summed E-state index contributed by atoms with van der Waals surface area (Å²) >= 11 is 6.01. The summed E-state index contributed by atoms with van der Waals surface area (Å²) in [6.07, 6.45) is 0. The van der Waals surface area contributed by atoms with E-state index in [-0.39, 0.29) is 16.9 Å². The Kier molecular flexibility index (Phi) is 7.70. The lowest BCUT2D eigenvalue weighted by Crippen LogP contribution is -2.38. The topological polar surface area (TPSA) is 66.5 Å². The molecular weight excluding hydrogens is 364 g/mol. The maximum absolute atomic E-state index is 12.8. The van der Waals surface area contributed by atoms with Crippen LogP contribution in [0.4, 0.5) is 0 Å². The van der Waals surface area contributed by atoms with Gasteiger partial charge in [0.15, 0.2) is 5.78 Å². The number of amides is 1. The Hall–Kier alpha value is -2.50. The highest BCUT2D eigenvalue weighted by Crippen LogP contribution is 2.20. The van der Waals surface area contributed by atoms with Crippen LogP contribution in [0.3, 0.4) is 0 Å². The summed E-state index contributed by atoms with van der Waals surface area (Å²) in [6.45, 7) is 6.82. The largest absolute Gasteiger partial charge is 0.348 e. The Morgan fingerprint density at radius 3 is 2.26 bits per heavy atom. The Labute approximate surface area is 164 Å². The van der Waals surface area contributed by atoms with Crippen molar-refractivity contribution in [3.8, 4) is 0 Å². The zero-order valence-electron chi connectivity index (χ0n) is 15.5. The van der Waals surface area contributed by atoms with Crippen LogP contribution >= 0.6 is 11.6 Å². The van der Waals surface area contributed by atoms with Crippen molar-refractivity contribution in [2.24, 2.45) is 0 Å². The molecule has 0 saturated heterocycles. The second-order valence-electron chi connectivity index (χ2n) is 6.00. The van der Waals surface area contributed by atoms with Gasteiger partial charge in [-0.05, 0) is 31.3 Å². The minimum absolute atomic E-state index is 0.0496. The van der Waals surface area contributed by atoms with Gasteiger partial charge in [-0.25, -0.2) is 0 Å². The highest BCUT2D eigenvalue weighted by Gasteiger charge is 2.23. The molecule has 27 heavy (non-hydrogen) atoms. The van der Waals surface area contributed by atoms with Gasteiger partial charge in [0.25, 0.3) is 11.7 Å². The van der Waals surface area contributed by atoms with Crippen molar-refractivity contribution in [1.29, 1.82) is 0 Å². The summed E-state index contributed by atoms with van der Waals surface area (Å²) < 4.78 is 0. The highest BCUT2D eigenvalue weighted by molar-refractivity contribution is 6.44. The number of halogens is 1. The first kappa shape index (κ1) is 20.8. The molecular formula is C21H23ClN2O3. The first-order chi connectivity index (χ1) is 13.0. The van der Waals surface area contributed by atoms with E-state index < -0.39 is 11.7 Å². The van der Waals surface area contributed by atoms with E-state index in [4.69, 9.17) is 11.6 Å². The summed E-state index contributed by atoms with van der Waals surface area (Å²) in [7, 11) is 0. The molecule has 0 aliphatic rings. The van der Waals surface area contributed by atoms with E-state index in [9.17, 15) is 14.4 Å². The molecule has 0 spiro atoms. The van der Waals surface area contributed by atoms with Crippen LogP contribution in [0.2, 0.25) is 5.02 Å². The van der Waals surface area contributed by atoms with Gasteiger partial charge in [0.2, 0.25) is 0 Å². The van der Waals surface area contributed by atoms with Crippen molar-refractivity contribution < 1.29 is 14.4 Å². The number of Topliss-reactive ketones (excluding diaryl/α,β-unsaturated/α-hetero) is 1. The van der Waals surface area contributed by atoms with Crippen LogP contribution in [0.1, 0.15) is 40.1 Å². The molecule has 1 N–H and O–H groups in total. The minimum atomic E-state index is -0.745. The van der Waals surface area contributed by atoms with Crippen molar-refractivity contribution >= 4 is 29.1 Å². The molecule has 1 amide bonds. The lowest BCUT2D eigenvalue weighted by molar-refractivity contribution is -0.117. The monoisotopic (exact) mass is 386 g/mol. The second-order valence-corrected chi connectivity index (χ2v) is 6.43. The van der Waals surface area contributed by atoms with Gasteiger partial charge >= 0.3 is 0 Å². The number of benzene rings is 2. The molecule has 2 aromatic rings. The summed E-state index contributed by atoms with van der Waals surface area (Å²) in [5.41, 5.74) is 0.599. The quantitative estimate of drug-likeness (QED) is 0.531. The van der Waals surface area contributed by atoms with E-state index in [0.717, 1.165) is 13.1 Å². The van der Waals surface area contributed by atoms with Crippen molar-refractivity contribution in [2.75, 3.05) is 26.2 Å². The molecule has 0 fully saturated rings. The molecule has 0 bridgehead atoms. The molecule has 0 aromatic heterocycles. The molecule has 0 saturated carbocycles. The average molecular weight is 387 g/mol. The fourth-order valence-electron chi connectivity index (χ4n) is 2.72. The Morgan fingerprint density at radius 1 is 0.963 bits per heavy atom. The summed E-state index contributed by atoms with van der Waals surface area (Å²) in [5.74, 6) is -1.82. The number of ketones is 2. The zero-order valence-corrected chi connectivity index (χ0v) is 16.3. The van der Waals surface area contributed by atoms with Crippen LogP contribution in [0.25, 0.3) is 0 Å². The van der Waals surface area contributed by atoms with E-state index in [1.165, 1.54) is 18.2 Å². The first-order valence-electron chi connectivity index (χ1n) is 8.92. The highest BCUT2D eigenvalue weighted by atomic mass is 35.5. The van der Waals surface area contributed by atoms with Gasteiger partial charge in [-0.2, -0.15) is 0 Å². The third-order valence-electron chi connectivity index (χ3n) is 4.32. The van der Waals surface area contributed by atoms with E-state index in [2.05, 4.69) is 10.2 Å². The number of hydrogen-bond acceptors (Lipinski definition) is 4. The standard InChI is InChI=1S/C21H23ClN2O3/c1-3-24(4-2)13-12-23-21(27)20(26)17-11-10-16(22)14-18(17)19(25)15-8-6-5-7-9-15/h5-11,14H,3-4,12-13H2,1-2H3,(H,23,27). The normalized spacial score (nSPS) is 10.7. The molecule has 0 radical (unpaired) electrons. The van der Waals surface area contributed by atoms with Crippen LogP contribution in [0.15, 0.2) is 48.5 Å². The molecule has 142 valence electrons. The van der Waals surface area contributed by atoms with Crippen LogP contribution in [-0.4, -0.2) is 48.6 Å². The SMILES string of the molecule is CCN(CC)CCNC(=O)C(=O)c1ccc(Cl)cc1C(=O)c1ccccc1. The number of rotatable bonds is 9. The number of carbonyl (C=O) groups excluding carboxylic acids is 3. The molecule has 2 rings (SSSR count). The molecule has 5 nitrogen and oxygen atoms in total. The van der Waals surface area contributed by atoms with Crippen LogP contribution in [0, 0.1) is 0 Å². The van der Waals surface area contributed by atoms with E-state index in [1.54, 1.807) is 30.3 Å². The van der Waals surface area contributed by atoms with Gasteiger partial charge in [0.05, 0.1) is 0 Å². The molecule has 0 aliphatic heterocycles. The van der Waals surface area contributed by atoms with E-state index in [0.29, 0.717) is 23.7 Å². The maximum atomic E-state index is 12.8. The average Bonchev–Trinajstić information content (AvgIpc) is 2.70. The number of carbonyl (C=O) groups is 3. The van der Waals surface area contributed by atoms with Crippen molar-refractivity contribution in [1.82, 2.24) is 10.2 Å². The maximum Gasteiger partial charge on any atom is 0.292 e. The molecule has 6 heteroatoms. The summed E-state index contributed by atoms with van der Waals surface area (Å²) in [6, 6.07) is 12.9. The van der Waals surface area contributed by atoms with Gasteiger partial charge < -0.3 is 10.2 Å². The minimum Gasteiger partial charge on any atom is -0.348 e. The van der Waals surface area contributed by atoms with Crippen LogP contribution in [-0.2, 0) is 4.79 Å². The number of likely N-dealkylation sites (N-methyl/N-ethyl adjacent to an activating group) is 1. The molecule has 0 unspecified atom stereocenters. The van der Waals surface area contributed by atoms with E-state index >= 15 is 0 Å². The van der Waals surface area contributed by atoms with Gasteiger partial charge in [0.1, 0.15) is 0 Å². The molecule has 2 aromatic carbocycles. The third-order valence-corrected chi connectivity index (χ3v) is 4.56. The summed E-state index contributed by atoms with van der Waals surface area (Å²) in [5, 5.41) is 2.95. The van der Waals surface area contributed by atoms with Crippen LogP contribution < -0.4 is 5.32 Å². The predicted octanol–water partition coefficient (Wildman–Crippen LogP) is 3.21. The van der Waals surface area contributed by atoms with E-state index in [1.807, 2.05) is 13.8 Å². The Balaban J connectivity index is 2.19. The molecule has 0 atom stereocenters. The Bertz CT molecular complexity index is 817. The van der Waals surface area contributed by atoms with Gasteiger partial charge in [-0.3, -0.25) is 14.4 Å². The fraction of sp³-hybridized carbons (Fsp3) is 0.286. The van der Waals surface area contributed by atoms with Gasteiger partial charge in [-0.1, -0.05) is 55.8 Å². The lowest BCUT2D eigenvalue weighted by atomic mass is 9.96. The first-order valence-corrected chi connectivity index (χ1v) is 9.29. The molecule has 0 aliphatic carbocycles. The predicted molar refractivity (Wildman–Crippen MR) is 106 cm³/mol. The fourth-order valence-corrected chi connectivity index (χ4v) is 2.89. The number of nitrogens with one attached hydrogen (secondary N) is 1.